The second kappa shape index (κ2) is 4.09. The zero-order chi connectivity index (χ0) is 10.7. The van der Waals surface area contributed by atoms with Gasteiger partial charge in [0, 0.05) is 6.07 Å². The maximum atomic E-state index is 13.1. The third-order valence-corrected chi connectivity index (χ3v) is 1.72. The molecule has 14 heavy (non-hydrogen) atoms. The van der Waals surface area contributed by atoms with Crippen LogP contribution < -0.4 is 5.32 Å². The Labute approximate surface area is 80.9 Å². The van der Waals surface area contributed by atoms with E-state index in [0.717, 1.165) is 6.07 Å². The summed E-state index contributed by atoms with van der Waals surface area (Å²) in [6.45, 7) is 4.87. The van der Waals surface area contributed by atoms with Crippen molar-refractivity contribution in [3.63, 3.8) is 0 Å². The van der Waals surface area contributed by atoms with Crippen molar-refractivity contribution in [1.82, 2.24) is 0 Å². The number of aryl methyl sites for hydroxylation is 1. The molecule has 4 heteroatoms. The van der Waals surface area contributed by atoms with Crippen molar-refractivity contribution in [3.05, 3.63) is 41.7 Å². The molecule has 0 atom stereocenters. The zero-order valence-corrected chi connectivity index (χ0v) is 7.77. The summed E-state index contributed by atoms with van der Waals surface area (Å²) in [5.74, 6) is -1.40. The predicted octanol–water partition coefficient (Wildman–Crippen LogP) is 2.76. The number of hydrogen-bond donors (Lipinski definition) is 2. The van der Waals surface area contributed by atoms with Crippen molar-refractivity contribution in [1.29, 1.82) is 0 Å². The Morgan fingerprint density at radius 1 is 1.50 bits per heavy atom. The Morgan fingerprint density at radius 3 is 2.64 bits per heavy atom. The number of anilines is 1. The van der Waals surface area contributed by atoms with E-state index in [2.05, 4.69) is 11.9 Å². The smallest absolute Gasteiger partial charge is 0.149 e. The minimum atomic E-state index is -0.677. The Hall–Kier alpha value is -1.58. The Kier molecular flexibility index (Phi) is 3.06. The minimum Gasteiger partial charge on any atom is -0.511 e. The number of halogens is 2. The normalized spacial score (nSPS) is 9.93. The van der Waals surface area contributed by atoms with Gasteiger partial charge in [0.05, 0.1) is 12.2 Å². The van der Waals surface area contributed by atoms with Crippen LogP contribution in [0.5, 0.6) is 0 Å². The van der Waals surface area contributed by atoms with Gasteiger partial charge in [0.1, 0.15) is 17.4 Å². The molecule has 0 radical (unpaired) electrons. The number of benzene rings is 1. The van der Waals surface area contributed by atoms with E-state index in [1.165, 1.54) is 6.07 Å². The highest BCUT2D eigenvalue weighted by molar-refractivity contribution is 5.52. The predicted molar refractivity (Wildman–Crippen MR) is 51.4 cm³/mol. The van der Waals surface area contributed by atoms with E-state index >= 15 is 0 Å². The molecule has 0 saturated heterocycles. The van der Waals surface area contributed by atoms with Gasteiger partial charge in [-0.15, -0.1) is 0 Å². The molecule has 1 aromatic rings. The average molecular weight is 199 g/mol. The third-order valence-electron chi connectivity index (χ3n) is 1.72. The van der Waals surface area contributed by atoms with Gasteiger partial charge in [0.2, 0.25) is 0 Å². The lowest BCUT2D eigenvalue weighted by atomic mass is 10.2. The SMILES string of the molecule is C=C(O)CNc1c(C)cc(F)cc1F. The molecule has 0 heterocycles. The van der Waals surface area contributed by atoms with E-state index in [4.69, 9.17) is 5.11 Å². The largest absolute Gasteiger partial charge is 0.511 e. The maximum absolute atomic E-state index is 13.1. The fourth-order valence-electron chi connectivity index (χ4n) is 1.12. The first-order valence-electron chi connectivity index (χ1n) is 4.07. The lowest BCUT2D eigenvalue weighted by Crippen LogP contribution is -2.07. The number of hydrogen-bond acceptors (Lipinski definition) is 2. The lowest BCUT2D eigenvalue weighted by molar-refractivity contribution is 0.410. The Morgan fingerprint density at radius 2 is 2.14 bits per heavy atom. The molecule has 0 bridgehead atoms. The summed E-state index contributed by atoms with van der Waals surface area (Å²) in [6.07, 6.45) is 0. The highest BCUT2D eigenvalue weighted by Crippen LogP contribution is 2.20. The van der Waals surface area contributed by atoms with Crippen LogP contribution >= 0.6 is 0 Å². The molecule has 2 N–H and O–H groups in total. The molecule has 0 aliphatic heterocycles. The van der Waals surface area contributed by atoms with Gasteiger partial charge in [0.25, 0.3) is 0 Å². The minimum absolute atomic E-state index is 0.0450. The number of nitrogens with one attached hydrogen (secondary N) is 1. The van der Waals surface area contributed by atoms with Crippen LogP contribution in [0.15, 0.2) is 24.5 Å². The summed E-state index contributed by atoms with van der Waals surface area (Å²) in [6, 6.07) is 2.00. The second-order valence-electron chi connectivity index (χ2n) is 3.00. The zero-order valence-electron chi connectivity index (χ0n) is 7.77. The van der Waals surface area contributed by atoms with Gasteiger partial charge in [-0.2, -0.15) is 0 Å². The van der Waals surface area contributed by atoms with E-state index in [9.17, 15) is 8.78 Å². The molecule has 0 aliphatic rings. The summed E-state index contributed by atoms with van der Waals surface area (Å²) in [5.41, 5.74) is 0.630. The van der Waals surface area contributed by atoms with E-state index < -0.39 is 11.6 Å². The van der Waals surface area contributed by atoms with Crippen LogP contribution in [-0.4, -0.2) is 11.7 Å². The van der Waals surface area contributed by atoms with Gasteiger partial charge in [-0.25, -0.2) is 8.78 Å². The van der Waals surface area contributed by atoms with Gasteiger partial charge < -0.3 is 10.4 Å². The van der Waals surface area contributed by atoms with Crippen molar-refractivity contribution in [2.75, 3.05) is 11.9 Å². The van der Waals surface area contributed by atoms with E-state index in [0.29, 0.717) is 5.56 Å². The molecule has 0 aliphatic carbocycles. The summed E-state index contributed by atoms with van der Waals surface area (Å²) < 4.78 is 25.8. The van der Waals surface area contributed by atoms with Crippen LogP contribution in [0.25, 0.3) is 0 Å². The van der Waals surface area contributed by atoms with Crippen LogP contribution in [0.4, 0.5) is 14.5 Å². The molecule has 0 aromatic heterocycles. The maximum Gasteiger partial charge on any atom is 0.149 e. The van der Waals surface area contributed by atoms with Crippen LogP contribution in [-0.2, 0) is 0 Å². The van der Waals surface area contributed by atoms with Crippen molar-refractivity contribution in [2.24, 2.45) is 0 Å². The van der Waals surface area contributed by atoms with Gasteiger partial charge in [-0.3, -0.25) is 0 Å². The molecule has 0 fully saturated rings. The molecular formula is C10H11F2NO. The van der Waals surface area contributed by atoms with Crippen molar-refractivity contribution in [3.8, 4) is 0 Å². The van der Waals surface area contributed by atoms with Gasteiger partial charge >= 0.3 is 0 Å². The van der Waals surface area contributed by atoms with E-state index in [-0.39, 0.29) is 18.0 Å². The monoisotopic (exact) mass is 199 g/mol. The van der Waals surface area contributed by atoms with E-state index in [1.54, 1.807) is 6.92 Å². The first-order chi connectivity index (χ1) is 6.50. The average Bonchev–Trinajstić information content (AvgIpc) is 2.01. The molecule has 76 valence electrons. The first kappa shape index (κ1) is 10.5. The highest BCUT2D eigenvalue weighted by atomic mass is 19.1. The van der Waals surface area contributed by atoms with Crippen molar-refractivity contribution >= 4 is 5.69 Å². The molecule has 1 rings (SSSR count). The molecule has 1 aromatic carbocycles. The van der Waals surface area contributed by atoms with Gasteiger partial charge in [-0.05, 0) is 18.6 Å². The molecule has 0 unspecified atom stereocenters. The van der Waals surface area contributed by atoms with Crippen molar-refractivity contribution < 1.29 is 13.9 Å². The lowest BCUT2D eigenvalue weighted by Gasteiger charge is -2.09. The van der Waals surface area contributed by atoms with E-state index in [1.807, 2.05) is 0 Å². The number of rotatable bonds is 3. The fraction of sp³-hybridized carbons (Fsp3) is 0.200. The molecule has 2 nitrogen and oxygen atoms in total. The van der Waals surface area contributed by atoms with Crippen LogP contribution in [0, 0.1) is 18.6 Å². The second-order valence-corrected chi connectivity index (χ2v) is 3.00. The number of aliphatic hydroxyl groups excluding tert-OH is 1. The van der Waals surface area contributed by atoms with Gasteiger partial charge in [0.15, 0.2) is 0 Å². The summed E-state index contributed by atoms with van der Waals surface area (Å²) >= 11 is 0. The molecule has 0 spiro atoms. The standard InChI is InChI=1S/C10H11F2NO/c1-6-3-8(11)4-9(12)10(6)13-5-7(2)14/h3-4,13-14H,2,5H2,1H3. The Bertz CT molecular complexity index is 340. The van der Waals surface area contributed by atoms with Crippen LogP contribution in [0.3, 0.4) is 0 Å². The molecule has 0 amide bonds. The summed E-state index contributed by atoms with van der Waals surface area (Å²) in [7, 11) is 0. The quantitative estimate of drug-likeness (QED) is 0.733. The third kappa shape index (κ3) is 2.45. The first-order valence-corrected chi connectivity index (χ1v) is 4.07. The number of aliphatic hydroxyl groups is 1. The highest BCUT2D eigenvalue weighted by Gasteiger charge is 2.07. The fourth-order valence-corrected chi connectivity index (χ4v) is 1.12. The summed E-state index contributed by atoms with van der Waals surface area (Å²) in [4.78, 5) is 0. The topological polar surface area (TPSA) is 32.3 Å². The van der Waals surface area contributed by atoms with Crippen LogP contribution in [0.2, 0.25) is 0 Å². The van der Waals surface area contributed by atoms with Crippen LogP contribution in [0.1, 0.15) is 5.56 Å². The van der Waals surface area contributed by atoms with Crippen molar-refractivity contribution in [2.45, 2.75) is 6.92 Å². The Balaban J connectivity index is 2.91. The summed E-state index contributed by atoms with van der Waals surface area (Å²) in [5, 5.41) is 11.4. The molecule has 0 saturated carbocycles. The molecular weight excluding hydrogens is 188 g/mol. The van der Waals surface area contributed by atoms with Gasteiger partial charge in [-0.1, -0.05) is 6.58 Å².